The van der Waals surface area contributed by atoms with Crippen LogP contribution >= 0.6 is 0 Å². The molecule has 0 aliphatic carbocycles. The molecule has 0 aromatic carbocycles. The highest BCUT2D eigenvalue weighted by molar-refractivity contribution is 5.82. The van der Waals surface area contributed by atoms with Gasteiger partial charge in [0.15, 0.2) is 5.65 Å². The first-order valence-corrected chi connectivity index (χ1v) is 5.19. The SMILES string of the molecule is CC(C)C(Nc1ccc2nnnn2n1)C(N)=O. The summed E-state index contributed by atoms with van der Waals surface area (Å²) in [6.45, 7) is 3.80. The van der Waals surface area contributed by atoms with Crippen LogP contribution in [-0.4, -0.2) is 37.2 Å². The van der Waals surface area contributed by atoms with E-state index in [4.69, 9.17) is 5.73 Å². The summed E-state index contributed by atoms with van der Waals surface area (Å²) in [6.07, 6.45) is 0. The predicted octanol–water partition coefficient (Wildman–Crippen LogP) is -0.559. The highest BCUT2D eigenvalue weighted by Crippen LogP contribution is 2.10. The minimum atomic E-state index is -0.476. The van der Waals surface area contributed by atoms with Crippen molar-refractivity contribution in [1.82, 2.24) is 25.3 Å². The average molecular weight is 235 g/mol. The molecule has 0 aliphatic heterocycles. The van der Waals surface area contributed by atoms with Crippen molar-refractivity contribution in [2.45, 2.75) is 19.9 Å². The molecule has 0 saturated heterocycles. The van der Waals surface area contributed by atoms with Gasteiger partial charge in [-0.1, -0.05) is 13.8 Å². The van der Waals surface area contributed by atoms with Crippen LogP contribution in [0.3, 0.4) is 0 Å². The molecule has 1 atom stereocenters. The summed E-state index contributed by atoms with van der Waals surface area (Å²) in [5.74, 6) is 0.153. The molecule has 0 fully saturated rings. The van der Waals surface area contributed by atoms with Crippen LogP contribution in [0.15, 0.2) is 12.1 Å². The van der Waals surface area contributed by atoms with Crippen molar-refractivity contribution < 1.29 is 4.79 Å². The second kappa shape index (κ2) is 4.32. The lowest BCUT2D eigenvalue weighted by Crippen LogP contribution is -2.39. The van der Waals surface area contributed by atoms with Gasteiger partial charge in [-0.2, -0.15) is 0 Å². The molecule has 0 spiro atoms. The molecule has 2 aromatic rings. The average Bonchev–Trinajstić information content (AvgIpc) is 2.71. The van der Waals surface area contributed by atoms with E-state index in [0.29, 0.717) is 11.5 Å². The topological polar surface area (TPSA) is 111 Å². The zero-order chi connectivity index (χ0) is 12.4. The Balaban J connectivity index is 2.24. The van der Waals surface area contributed by atoms with Gasteiger partial charge < -0.3 is 11.1 Å². The second-order valence-corrected chi connectivity index (χ2v) is 4.01. The van der Waals surface area contributed by atoms with Crippen LogP contribution in [0.5, 0.6) is 0 Å². The van der Waals surface area contributed by atoms with Gasteiger partial charge >= 0.3 is 0 Å². The Hall–Kier alpha value is -2.25. The molecule has 8 nitrogen and oxygen atoms in total. The lowest BCUT2D eigenvalue weighted by atomic mass is 10.0. The smallest absolute Gasteiger partial charge is 0.240 e. The molecule has 1 unspecified atom stereocenters. The van der Waals surface area contributed by atoms with Crippen LogP contribution in [0.25, 0.3) is 5.65 Å². The molecule has 1 amide bonds. The van der Waals surface area contributed by atoms with E-state index in [-0.39, 0.29) is 5.92 Å². The molecule has 2 rings (SSSR count). The number of carbonyl (C=O) groups excluding carboxylic acids is 1. The summed E-state index contributed by atoms with van der Waals surface area (Å²) in [4.78, 5) is 11.2. The highest BCUT2D eigenvalue weighted by atomic mass is 16.1. The number of rotatable bonds is 4. The Morgan fingerprint density at radius 1 is 1.47 bits per heavy atom. The Morgan fingerprint density at radius 3 is 2.88 bits per heavy atom. The van der Waals surface area contributed by atoms with Crippen molar-refractivity contribution in [3.8, 4) is 0 Å². The Bertz CT molecular complexity index is 535. The fourth-order valence-electron chi connectivity index (χ4n) is 1.45. The molecule has 0 aliphatic rings. The summed E-state index contributed by atoms with van der Waals surface area (Å²) < 4.78 is 1.28. The number of nitrogens with one attached hydrogen (secondary N) is 1. The second-order valence-electron chi connectivity index (χ2n) is 4.01. The lowest BCUT2D eigenvalue weighted by molar-refractivity contribution is -0.119. The van der Waals surface area contributed by atoms with Crippen molar-refractivity contribution in [3.63, 3.8) is 0 Å². The monoisotopic (exact) mass is 235 g/mol. The van der Waals surface area contributed by atoms with Gasteiger partial charge in [-0.3, -0.25) is 4.79 Å². The van der Waals surface area contributed by atoms with Crippen LogP contribution in [0, 0.1) is 5.92 Å². The molecule has 2 heterocycles. The standard InChI is InChI=1S/C9H13N7O/c1-5(2)8(9(10)17)11-6-3-4-7-12-14-15-16(7)13-6/h3-5,8H,1-2H3,(H2,10,17)(H,11,13). The van der Waals surface area contributed by atoms with E-state index in [1.165, 1.54) is 4.63 Å². The third kappa shape index (κ3) is 2.30. The Morgan fingerprint density at radius 2 is 2.24 bits per heavy atom. The third-order valence-corrected chi connectivity index (χ3v) is 2.35. The quantitative estimate of drug-likeness (QED) is 0.734. The van der Waals surface area contributed by atoms with E-state index >= 15 is 0 Å². The number of tetrazole rings is 1. The number of amides is 1. The number of aromatic nitrogens is 5. The van der Waals surface area contributed by atoms with Gasteiger partial charge in [-0.25, -0.2) is 0 Å². The van der Waals surface area contributed by atoms with Gasteiger partial charge in [-0.15, -0.1) is 14.8 Å². The molecule has 3 N–H and O–H groups in total. The van der Waals surface area contributed by atoms with E-state index in [0.717, 1.165) is 0 Å². The van der Waals surface area contributed by atoms with Gasteiger partial charge in [0.05, 0.1) is 0 Å². The zero-order valence-corrected chi connectivity index (χ0v) is 9.53. The maximum absolute atomic E-state index is 11.2. The molecular formula is C9H13N7O. The van der Waals surface area contributed by atoms with Crippen LogP contribution in [0.2, 0.25) is 0 Å². The summed E-state index contributed by atoms with van der Waals surface area (Å²) in [5, 5.41) is 17.9. The first-order valence-electron chi connectivity index (χ1n) is 5.19. The Kier molecular flexibility index (Phi) is 2.86. The zero-order valence-electron chi connectivity index (χ0n) is 9.53. The van der Waals surface area contributed by atoms with E-state index in [9.17, 15) is 4.79 Å². The largest absolute Gasteiger partial charge is 0.368 e. The maximum atomic E-state index is 11.2. The first kappa shape index (κ1) is 11.2. The van der Waals surface area contributed by atoms with E-state index in [1.807, 2.05) is 13.8 Å². The number of nitrogens with two attached hydrogens (primary N) is 1. The van der Waals surface area contributed by atoms with Gasteiger partial charge in [-0.05, 0) is 28.5 Å². The molecule has 8 heteroatoms. The minimum Gasteiger partial charge on any atom is -0.368 e. The third-order valence-electron chi connectivity index (χ3n) is 2.35. The van der Waals surface area contributed by atoms with Crippen molar-refractivity contribution in [1.29, 1.82) is 0 Å². The van der Waals surface area contributed by atoms with Gasteiger partial charge in [0.1, 0.15) is 11.9 Å². The molecule has 90 valence electrons. The van der Waals surface area contributed by atoms with Crippen molar-refractivity contribution in [2.75, 3.05) is 5.32 Å². The fourth-order valence-corrected chi connectivity index (χ4v) is 1.45. The predicted molar refractivity (Wildman–Crippen MR) is 60.0 cm³/mol. The normalized spacial score (nSPS) is 12.9. The van der Waals surface area contributed by atoms with Crippen LogP contribution in [0.1, 0.15) is 13.8 Å². The van der Waals surface area contributed by atoms with Crippen LogP contribution < -0.4 is 11.1 Å². The van der Waals surface area contributed by atoms with Crippen molar-refractivity contribution in [3.05, 3.63) is 12.1 Å². The van der Waals surface area contributed by atoms with Gasteiger partial charge in [0.25, 0.3) is 0 Å². The molecule has 2 aromatic heterocycles. The first-order chi connectivity index (χ1) is 8.08. The number of fused-ring (bicyclic) bond motifs is 1. The summed E-state index contributed by atoms with van der Waals surface area (Å²) in [7, 11) is 0. The summed E-state index contributed by atoms with van der Waals surface area (Å²) in [5.41, 5.74) is 5.84. The molecule has 0 saturated carbocycles. The number of carbonyl (C=O) groups is 1. The van der Waals surface area contributed by atoms with Crippen molar-refractivity contribution in [2.24, 2.45) is 11.7 Å². The molecule has 17 heavy (non-hydrogen) atoms. The van der Waals surface area contributed by atoms with E-state index in [2.05, 4.69) is 25.9 Å². The van der Waals surface area contributed by atoms with Gasteiger partial charge in [0, 0.05) is 0 Å². The van der Waals surface area contributed by atoms with Crippen LogP contribution in [-0.2, 0) is 4.79 Å². The minimum absolute atomic E-state index is 0.0684. The lowest BCUT2D eigenvalue weighted by Gasteiger charge is -2.18. The van der Waals surface area contributed by atoms with Crippen molar-refractivity contribution >= 4 is 17.4 Å². The number of anilines is 1. The van der Waals surface area contributed by atoms with Crippen LogP contribution in [0.4, 0.5) is 5.82 Å². The number of hydrogen-bond acceptors (Lipinski definition) is 6. The molecular weight excluding hydrogens is 222 g/mol. The maximum Gasteiger partial charge on any atom is 0.240 e. The number of primary amides is 1. The summed E-state index contributed by atoms with van der Waals surface area (Å²) in [6, 6.07) is 2.92. The number of nitrogens with zero attached hydrogens (tertiary/aromatic N) is 5. The Labute approximate surface area is 97.2 Å². The number of hydrogen-bond donors (Lipinski definition) is 2. The summed E-state index contributed by atoms with van der Waals surface area (Å²) >= 11 is 0. The molecule has 0 bridgehead atoms. The van der Waals surface area contributed by atoms with E-state index < -0.39 is 11.9 Å². The van der Waals surface area contributed by atoms with E-state index in [1.54, 1.807) is 12.1 Å². The molecule has 0 radical (unpaired) electrons. The highest BCUT2D eigenvalue weighted by Gasteiger charge is 2.19. The van der Waals surface area contributed by atoms with Gasteiger partial charge in [0.2, 0.25) is 5.91 Å². The fraction of sp³-hybridized carbons (Fsp3) is 0.444.